The van der Waals surface area contributed by atoms with Gasteiger partial charge in [-0.1, -0.05) is 28.9 Å². The van der Waals surface area contributed by atoms with Crippen molar-refractivity contribution in [1.29, 1.82) is 0 Å². The molecule has 1 atom stereocenters. The SMILES string of the molecule is Cc1ccc2c(c1)C(C)Oc1cc(cnc1N)-c1c(CC(F)F)noc1Cc1cn(C)nc1-2. The van der Waals surface area contributed by atoms with Crippen LogP contribution in [0.3, 0.4) is 0 Å². The van der Waals surface area contributed by atoms with Crippen molar-refractivity contribution in [2.75, 3.05) is 5.73 Å². The summed E-state index contributed by atoms with van der Waals surface area (Å²) >= 11 is 0. The monoisotopic (exact) mass is 451 g/mol. The van der Waals surface area contributed by atoms with Crippen LogP contribution in [0.25, 0.3) is 22.4 Å². The number of nitrogens with zero attached hydrogens (tertiary/aromatic N) is 4. The highest BCUT2D eigenvalue weighted by Crippen LogP contribution is 2.39. The Kier molecular flexibility index (Phi) is 5.11. The second-order valence-corrected chi connectivity index (χ2v) is 8.33. The highest BCUT2D eigenvalue weighted by molar-refractivity contribution is 5.73. The largest absolute Gasteiger partial charge is 0.482 e. The van der Waals surface area contributed by atoms with Gasteiger partial charge in [0.15, 0.2) is 11.6 Å². The predicted molar refractivity (Wildman–Crippen MR) is 119 cm³/mol. The summed E-state index contributed by atoms with van der Waals surface area (Å²) in [4.78, 5) is 4.26. The van der Waals surface area contributed by atoms with Crippen LogP contribution >= 0.6 is 0 Å². The van der Waals surface area contributed by atoms with Gasteiger partial charge in [0, 0.05) is 48.1 Å². The maximum Gasteiger partial charge on any atom is 0.244 e. The molecule has 1 aromatic carbocycles. The quantitative estimate of drug-likeness (QED) is 0.467. The van der Waals surface area contributed by atoms with E-state index in [0.29, 0.717) is 29.1 Å². The number of fused-ring (bicyclic) bond motifs is 7. The molecule has 0 radical (unpaired) electrons. The van der Waals surface area contributed by atoms with Gasteiger partial charge in [-0.25, -0.2) is 13.8 Å². The van der Waals surface area contributed by atoms with Crippen LogP contribution in [0.5, 0.6) is 5.75 Å². The van der Waals surface area contributed by atoms with Crippen LogP contribution in [0.4, 0.5) is 14.6 Å². The molecule has 0 spiro atoms. The summed E-state index contributed by atoms with van der Waals surface area (Å²) < 4.78 is 40.2. The zero-order valence-corrected chi connectivity index (χ0v) is 18.5. The minimum atomic E-state index is -2.57. The van der Waals surface area contributed by atoms with Gasteiger partial charge in [-0.05, 0) is 19.9 Å². The van der Waals surface area contributed by atoms with E-state index in [1.165, 1.54) is 6.20 Å². The Morgan fingerprint density at radius 2 is 2.09 bits per heavy atom. The van der Waals surface area contributed by atoms with Crippen LogP contribution in [0.15, 0.2) is 41.2 Å². The summed E-state index contributed by atoms with van der Waals surface area (Å²) in [6.07, 6.45) is 0.307. The van der Waals surface area contributed by atoms with E-state index in [-0.39, 0.29) is 17.6 Å². The molecule has 2 bridgehead atoms. The van der Waals surface area contributed by atoms with Gasteiger partial charge in [0.05, 0.1) is 23.4 Å². The first-order valence-corrected chi connectivity index (χ1v) is 10.6. The van der Waals surface area contributed by atoms with Gasteiger partial charge in [-0.15, -0.1) is 0 Å². The predicted octanol–water partition coefficient (Wildman–Crippen LogP) is 4.88. The molecular formula is C24H23F2N5O2. The summed E-state index contributed by atoms with van der Waals surface area (Å²) in [5, 5.41) is 8.67. The van der Waals surface area contributed by atoms with Gasteiger partial charge in [0.1, 0.15) is 11.9 Å². The van der Waals surface area contributed by atoms with Crippen LogP contribution < -0.4 is 10.5 Å². The Balaban J connectivity index is 1.78. The summed E-state index contributed by atoms with van der Waals surface area (Å²) in [5.41, 5.74) is 12.0. The first kappa shape index (κ1) is 21.1. The number of anilines is 1. The second kappa shape index (κ2) is 7.99. The van der Waals surface area contributed by atoms with Crippen molar-refractivity contribution in [1.82, 2.24) is 19.9 Å². The fraction of sp³-hybridized carbons (Fsp3) is 0.292. The van der Waals surface area contributed by atoms with E-state index in [2.05, 4.69) is 16.2 Å². The number of aromatic nitrogens is 4. The van der Waals surface area contributed by atoms with Gasteiger partial charge >= 0.3 is 0 Å². The van der Waals surface area contributed by atoms with Crippen molar-refractivity contribution in [3.8, 4) is 28.1 Å². The number of alkyl halides is 2. The molecule has 1 aliphatic rings. The molecule has 1 aliphatic heterocycles. The first-order valence-electron chi connectivity index (χ1n) is 10.6. The van der Waals surface area contributed by atoms with Gasteiger partial charge < -0.3 is 15.0 Å². The zero-order valence-electron chi connectivity index (χ0n) is 18.5. The molecule has 0 amide bonds. The zero-order chi connectivity index (χ0) is 23.3. The lowest BCUT2D eigenvalue weighted by molar-refractivity contribution is 0.146. The fourth-order valence-corrected chi connectivity index (χ4v) is 4.34. The van der Waals surface area contributed by atoms with Gasteiger partial charge in [-0.3, -0.25) is 4.68 Å². The third-order valence-corrected chi connectivity index (χ3v) is 5.81. The Morgan fingerprint density at radius 1 is 1.27 bits per heavy atom. The smallest absolute Gasteiger partial charge is 0.244 e. The minimum Gasteiger partial charge on any atom is -0.482 e. The Bertz CT molecular complexity index is 1340. The third kappa shape index (κ3) is 3.83. The standard InChI is InChI=1S/C24H23F2N5O2/c1-12-4-5-16-17(6-12)13(2)32-20-7-14(10-28-24(20)27)22-18(9-21(25)26)30-33-19(22)8-15-11-31(3)29-23(15)16/h4-7,10-11,13,21H,8-9H2,1-3H3,(H2,27,28). The first-order chi connectivity index (χ1) is 15.8. The Labute approximate surface area is 189 Å². The number of nitrogens with two attached hydrogens (primary N) is 1. The number of hydrogen-bond acceptors (Lipinski definition) is 6. The van der Waals surface area contributed by atoms with Crippen LogP contribution in [-0.2, 0) is 19.9 Å². The molecule has 0 fully saturated rings. The van der Waals surface area contributed by atoms with Crippen molar-refractivity contribution < 1.29 is 18.0 Å². The topological polar surface area (TPSA) is 92.0 Å². The molecule has 0 saturated carbocycles. The molecule has 4 aromatic rings. The van der Waals surface area contributed by atoms with Crippen LogP contribution in [0.2, 0.25) is 0 Å². The number of rotatable bonds is 2. The van der Waals surface area contributed by atoms with E-state index in [9.17, 15) is 8.78 Å². The molecular weight excluding hydrogens is 428 g/mol. The average molecular weight is 451 g/mol. The lowest BCUT2D eigenvalue weighted by Gasteiger charge is -2.21. The number of halogens is 2. The Morgan fingerprint density at radius 3 is 2.88 bits per heavy atom. The molecule has 2 N–H and O–H groups in total. The minimum absolute atomic E-state index is 0.170. The fourth-order valence-electron chi connectivity index (χ4n) is 4.34. The highest BCUT2D eigenvalue weighted by Gasteiger charge is 2.26. The van der Waals surface area contributed by atoms with Gasteiger partial charge in [0.25, 0.3) is 0 Å². The molecule has 4 heterocycles. The number of nitrogen functional groups attached to an aromatic ring is 1. The van der Waals surface area contributed by atoms with Crippen molar-refractivity contribution in [3.05, 3.63) is 64.8 Å². The van der Waals surface area contributed by atoms with E-state index in [0.717, 1.165) is 27.9 Å². The molecule has 1 unspecified atom stereocenters. The van der Waals surface area contributed by atoms with E-state index < -0.39 is 12.8 Å². The van der Waals surface area contributed by atoms with E-state index in [4.69, 9.17) is 20.1 Å². The molecule has 0 aliphatic carbocycles. The molecule has 3 aromatic heterocycles. The lowest BCUT2D eigenvalue weighted by atomic mass is 9.93. The maximum absolute atomic E-state index is 13.3. The summed E-state index contributed by atoms with van der Waals surface area (Å²) in [5.74, 6) is 1.04. The van der Waals surface area contributed by atoms with E-state index in [1.807, 2.05) is 39.2 Å². The summed E-state index contributed by atoms with van der Waals surface area (Å²) in [6, 6.07) is 7.82. The van der Waals surface area contributed by atoms with E-state index in [1.54, 1.807) is 10.7 Å². The van der Waals surface area contributed by atoms with Crippen LogP contribution in [0, 0.1) is 6.92 Å². The van der Waals surface area contributed by atoms with Crippen molar-refractivity contribution in [2.24, 2.45) is 7.05 Å². The number of ether oxygens (including phenoxy) is 1. The Hall–Kier alpha value is -3.75. The molecule has 0 saturated heterocycles. The highest BCUT2D eigenvalue weighted by atomic mass is 19.3. The average Bonchev–Trinajstić information content (AvgIpc) is 3.31. The molecule has 7 nitrogen and oxygen atoms in total. The van der Waals surface area contributed by atoms with Crippen LogP contribution in [-0.4, -0.2) is 26.3 Å². The third-order valence-electron chi connectivity index (χ3n) is 5.81. The number of hydrogen-bond donors (Lipinski definition) is 1. The molecule has 170 valence electrons. The number of pyridine rings is 1. The van der Waals surface area contributed by atoms with Gasteiger partial charge in [-0.2, -0.15) is 5.10 Å². The molecule has 33 heavy (non-hydrogen) atoms. The van der Waals surface area contributed by atoms with E-state index >= 15 is 0 Å². The van der Waals surface area contributed by atoms with Crippen molar-refractivity contribution >= 4 is 5.82 Å². The van der Waals surface area contributed by atoms with Crippen molar-refractivity contribution in [3.63, 3.8) is 0 Å². The maximum atomic E-state index is 13.3. The van der Waals surface area contributed by atoms with Gasteiger partial charge in [0.2, 0.25) is 6.43 Å². The molecule has 5 rings (SSSR count). The normalized spacial score (nSPS) is 15.2. The lowest BCUT2D eigenvalue weighted by Crippen LogP contribution is -2.09. The summed E-state index contributed by atoms with van der Waals surface area (Å²) in [6.45, 7) is 3.95. The molecule has 9 heteroatoms. The summed E-state index contributed by atoms with van der Waals surface area (Å²) in [7, 11) is 1.84. The van der Waals surface area contributed by atoms with Crippen LogP contribution in [0.1, 0.15) is 41.2 Å². The second-order valence-electron chi connectivity index (χ2n) is 8.33. The number of benzene rings is 1. The number of aryl methyl sites for hydroxylation is 2. The van der Waals surface area contributed by atoms with Crippen molar-refractivity contribution in [2.45, 2.75) is 39.2 Å².